The number of aliphatic imine (C=N–C) groups is 2. The summed E-state index contributed by atoms with van der Waals surface area (Å²) in [7, 11) is 0. The molecule has 0 saturated heterocycles. The van der Waals surface area contributed by atoms with Crippen LogP contribution in [-0.4, -0.2) is 143 Å². The van der Waals surface area contributed by atoms with Gasteiger partial charge < -0.3 is 81.6 Å². The molecule has 25 nitrogen and oxygen atoms in total. The van der Waals surface area contributed by atoms with Gasteiger partial charge in [-0.1, -0.05) is 34.1 Å². The Morgan fingerprint density at radius 3 is 1.45 bits per heavy atom. The zero-order valence-corrected chi connectivity index (χ0v) is 34.6. The number of guanidine groups is 2. The summed E-state index contributed by atoms with van der Waals surface area (Å²) in [6.45, 7) is 5.23. The van der Waals surface area contributed by atoms with Crippen molar-refractivity contribution in [2.24, 2.45) is 56.2 Å². The predicted octanol–water partition coefficient (Wildman–Crippen LogP) is -6.24. The van der Waals surface area contributed by atoms with Crippen molar-refractivity contribution in [3.8, 4) is 0 Å². The van der Waals surface area contributed by atoms with Crippen LogP contribution < -0.4 is 66.3 Å². The first-order valence-electron chi connectivity index (χ1n) is 19.5. The number of hydrogen-bond acceptors (Lipinski definition) is 13. The van der Waals surface area contributed by atoms with Gasteiger partial charge in [-0.2, -0.15) is 0 Å². The van der Waals surface area contributed by atoms with Crippen LogP contribution in [0.25, 0.3) is 0 Å². The maximum absolute atomic E-state index is 13.8. The number of carbonyl (C=O) groups excluding carboxylic acids is 7. The number of primary amides is 1. The average molecular weight is 859 g/mol. The Balaban J connectivity index is 6.32. The molecule has 0 saturated carbocycles. The summed E-state index contributed by atoms with van der Waals surface area (Å²) in [6.07, 6.45) is 0.203. The molecule has 0 heterocycles. The van der Waals surface area contributed by atoms with Crippen LogP contribution in [0.2, 0.25) is 0 Å². The molecule has 0 bridgehead atoms. The van der Waals surface area contributed by atoms with Crippen LogP contribution in [0.5, 0.6) is 0 Å². The molecule has 0 aromatic carbocycles. The summed E-state index contributed by atoms with van der Waals surface area (Å²) in [5.41, 5.74) is 32.7. The number of carboxylic acids is 1. The summed E-state index contributed by atoms with van der Waals surface area (Å²) in [4.78, 5) is 111. The number of aliphatic hydroxyl groups is 2. The van der Waals surface area contributed by atoms with E-state index >= 15 is 0 Å². The number of nitrogens with one attached hydrogen (secondary N) is 6. The van der Waals surface area contributed by atoms with Crippen molar-refractivity contribution in [1.29, 1.82) is 0 Å². The topological polar surface area (TPSA) is 450 Å². The lowest BCUT2D eigenvalue weighted by Gasteiger charge is -2.28. The number of carboxylic acid groups (broad SMARTS) is 1. The zero-order valence-electron chi connectivity index (χ0n) is 34.6. The molecule has 0 unspecified atom stereocenters. The second kappa shape index (κ2) is 28.6. The minimum atomic E-state index is -1.73. The molecule has 0 fully saturated rings. The predicted molar refractivity (Wildman–Crippen MR) is 219 cm³/mol. The van der Waals surface area contributed by atoms with E-state index in [0.29, 0.717) is 12.8 Å². The SMILES string of the molecule is CC[C@H](C)[C@H](NC(=O)[C@@H](N)CCCN=C(N)N)C(=O)N[C@@H](CO)C(=O)N[C@@H](CCCN=C(N)N)C(=O)N[C@@H](CC(C)C)C(=O)N[C@@H](CCC(N)=O)C(=O)N[C@@H](CO)C(=O)O. The number of amides is 7. The van der Waals surface area contributed by atoms with Crippen LogP contribution in [0, 0.1) is 11.8 Å². The van der Waals surface area contributed by atoms with Gasteiger partial charge in [0.05, 0.1) is 19.3 Å². The first kappa shape index (κ1) is 54.2. The molecule has 7 amide bonds. The van der Waals surface area contributed by atoms with E-state index in [0.717, 1.165) is 0 Å². The maximum Gasteiger partial charge on any atom is 0.328 e. The Morgan fingerprint density at radius 2 is 1.00 bits per heavy atom. The number of nitrogens with two attached hydrogens (primary N) is 6. The van der Waals surface area contributed by atoms with Gasteiger partial charge in [0, 0.05) is 19.5 Å². The molecule has 0 rings (SSSR count). The fourth-order valence-electron chi connectivity index (χ4n) is 5.37. The molecule has 0 aromatic rings. The molecule has 0 aliphatic rings. The van der Waals surface area contributed by atoms with Gasteiger partial charge >= 0.3 is 5.97 Å². The van der Waals surface area contributed by atoms with Crippen molar-refractivity contribution in [3.05, 3.63) is 0 Å². The highest BCUT2D eigenvalue weighted by atomic mass is 16.4. The third-order valence-electron chi connectivity index (χ3n) is 8.94. The molecule has 0 aromatic heterocycles. The largest absolute Gasteiger partial charge is 0.480 e. The lowest BCUT2D eigenvalue weighted by molar-refractivity contribution is -0.143. The summed E-state index contributed by atoms with van der Waals surface area (Å²) < 4.78 is 0. The smallest absolute Gasteiger partial charge is 0.328 e. The van der Waals surface area contributed by atoms with Gasteiger partial charge in [0.25, 0.3) is 0 Å². The molecule has 0 spiro atoms. The molecule has 0 aliphatic carbocycles. The van der Waals surface area contributed by atoms with Crippen LogP contribution in [0.3, 0.4) is 0 Å². The van der Waals surface area contributed by atoms with Crippen LogP contribution in [0.4, 0.5) is 0 Å². The van der Waals surface area contributed by atoms with Gasteiger partial charge in [0.15, 0.2) is 11.9 Å². The van der Waals surface area contributed by atoms with E-state index in [1.165, 1.54) is 0 Å². The molecule has 0 radical (unpaired) electrons. The minimum absolute atomic E-state index is 0.0112. The van der Waals surface area contributed by atoms with E-state index in [1.807, 2.05) is 0 Å². The standard InChI is InChI=1S/C35H66N14O11/c1-5-18(4)26(49-27(53)19(36)8-6-12-42-34(38)39)32(58)47-23(15-50)31(57)44-20(9-7-13-43-35(40)41)28(54)46-22(14-17(2)3)30(56)45-21(10-11-25(37)52)29(55)48-24(16-51)33(59)60/h17-24,26,50-51H,5-16,36H2,1-4H3,(H2,37,52)(H,44,57)(H,45,56)(H,46,54)(H,47,58)(H,48,55)(H,49,53)(H,59,60)(H4,38,39,42)(H4,40,41,43)/t18-,19-,20-,21-,22-,23-,24-,26-/m0/s1. The number of aliphatic carboxylic acids is 1. The highest BCUT2D eigenvalue weighted by molar-refractivity contribution is 5.97. The number of hydrogen-bond donors (Lipinski definition) is 15. The lowest BCUT2D eigenvalue weighted by Crippen LogP contribution is -2.61. The first-order chi connectivity index (χ1) is 28.1. The average Bonchev–Trinajstić information content (AvgIpc) is 3.17. The second-order valence-electron chi connectivity index (χ2n) is 14.5. The van der Waals surface area contributed by atoms with Crippen molar-refractivity contribution in [2.75, 3.05) is 26.3 Å². The van der Waals surface area contributed by atoms with Crippen molar-refractivity contribution < 1.29 is 53.7 Å². The van der Waals surface area contributed by atoms with Crippen LogP contribution in [0.1, 0.15) is 79.1 Å². The summed E-state index contributed by atoms with van der Waals surface area (Å²) in [5.74, 6) is -8.84. The Labute approximate surface area is 348 Å². The number of nitrogens with zero attached hydrogens (tertiary/aromatic N) is 2. The van der Waals surface area contributed by atoms with Gasteiger partial charge in [-0.05, 0) is 50.4 Å². The van der Waals surface area contributed by atoms with Gasteiger partial charge in [0.1, 0.15) is 36.3 Å². The van der Waals surface area contributed by atoms with E-state index in [2.05, 4.69) is 41.9 Å². The minimum Gasteiger partial charge on any atom is -0.480 e. The van der Waals surface area contributed by atoms with Crippen molar-refractivity contribution in [2.45, 2.75) is 121 Å². The van der Waals surface area contributed by atoms with E-state index in [4.69, 9.17) is 34.4 Å². The third-order valence-corrected chi connectivity index (χ3v) is 8.94. The fraction of sp³-hybridized carbons (Fsp3) is 0.714. The van der Waals surface area contributed by atoms with E-state index < -0.39 is 115 Å². The Kier molecular flexibility index (Phi) is 25.8. The van der Waals surface area contributed by atoms with Crippen LogP contribution in [0.15, 0.2) is 9.98 Å². The maximum atomic E-state index is 13.8. The van der Waals surface area contributed by atoms with E-state index in [-0.39, 0.29) is 63.0 Å². The molecular formula is C35H66N14O11. The molecule has 60 heavy (non-hydrogen) atoms. The van der Waals surface area contributed by atoms with Crippen LogP contribution >= 0.6 is 0 Å². The Bertz CT molecular complexity index is 1500. The van der Waals surface area contributed by atoms with Gasteiger partial charge in [0.2, 0.25) is 41.4 Å². The molecule has 342 valence electrons. The lowest BCUT2D eigenvalue weighted by atomic mass is 9.97. The molecular weight excluding hydrogens is 792 g/mol. The fourth-order valence-corrected chi connectivity index (χ4v) is 5.37. The Hall–Kier alpha value is -5.82. The monoisotopic (exact) mass is 859 g/mol. The normalized spacial score (nSPS) is 14.9. The molecule has 8 atom stereocenters. The van der Waals surface area contributed by atoms with Crippen molar-refractivity contribution in [3.63, 3.8) is 0 Å². The molecule has 0 aliphatic heterocycles. The number of rotatable bonds is 30. The van der Waals surface area contributed by atoms with E-state index in [1.54, 1.807) is 27.7 Å². The number of aliphatic hydroxyl groups excluding tert-OH is 2. The zero-order chi connectivity index (χ0) is 46.1. The highest BCUT2D eigenvalue weighted by Gasteiger charge is 2.34. The quantitative estimate of drug-likeness (QED) is 0.0181. The summed E-state index contributed by atoms with van der Waals surface area (Å²) in [6, 6.07) is -9.88. The molecule has 21 N–H and O–H groups in total. The van der Waals surface area contributed by atoms with Gasteiger partial charge in [-0.3, -0.25) is 43.5 Å². The first-order valence-corrected chi connectivity index (χ1v) is 19.5. The van der Waals surface area contributed by atoms with E-state index in [9.17, 15) is 53.7 Å². The van der Waals surface area contributed by atoms with Crippen molar-refractivity contribution in [1.82, 2.24) is 31.9 Å². The second-order valence-corrected chi connectivity index (χ2v) is 14.5. The highest BCUT2D eigenvalue weighted by Crippen LogP contribution is 2.11. The third kappa shape index (κ3) is 21.8. The molecule has 25 heteroatoms. The van der Waals surface area contributed by atoms with Gasteiger partial charge in [-0.25, -0.2) is 4.79 Å². The van der Waals surface area contributed by atoms with Gasteiger partial charge in [-0.15, -0.1) is 0 Å². The Morgan fingerprint density at radius 1 is 0.567 bits per heavy atom. The number of carbonyl (C=O) groups is 8. The summed E-state index contributed by atoms with van der Waals surface area (Å²) >= 11 is 0. The van der Waals surface area contributed by atoms with Crippen LogP contribution in [-0.2, 0) is 38.4 Å². The van der Waals surface area contributed by atoms with Crippen molar-refractivity contribution >= 4 is 59.2 Å². The summed E-state index contributed by atoms with van der Waals surface area (Å²) in [5, 5.41) is 43.3.